The maximum Gasteiger partial charge on any atom is 0.416 e. The van der Waals surface area contributed by atoms with Crippen molar-refractivity contribution in [3.05, 3.63) is 58.6 Å². The second-order valence-corrected chi connectivity index (χ2v) is 8.92. The Labute approximate surface area is 162 Å². The number of carbonyl (C=O) groups is 1. The largest absolute Gasteiger partial charge is 0.416 e. The maximum atomic E-state index is 12.7. The molecule has 0 radical (unpaired) electrons. The topological polar surface area (TPSA) is 83.5 Å². The van der Waals surface area contributed by atoms with E-state index in [0.29, 0.717) is 10.5 Å². The quantitative estimate of drug-likeness (QED) is 0.705. The number of carbonyl (C=O) groups excluding carboxylic acids is 1. The van der Waals surface area contributed by atoms with E-state index < -0.39 is 38.8 Å². The molecule has 10 heteroatoms. The average Bonchev–Trinajstić information content (AvgIpc) is 2.53. The van der Waals surface area contributed by atoms with Crippen LogP contribution in [0.3, 0.4) is 0 Å². The summed E-state index contributed by atoms with van der Waals surface area (Å²) in [5.41, 5.74) is -3.56. The lowest BCUT2D eigenvalue weighted by atomic mass is 10.1. The van der Waals surface area contributed by atoms with Crippen LogP contribution >= 0.6 is 15.9 Å². The number of alkyl halides is 3. The lowest BCUT2D eigenvalue weighted by molar-refractivity contribution is -0.137. The summed E-state index contributed by atoms with van der Waals surface area (Å²) in [6, 6.07) is 9.40. The van der Waals surface area contributed by atoms with Crippen molar-refractivity contribution in [2.24, 2.45) is 0 Å². The molecule has 1 amide bonds. The van der Waals surface area contributed by atoms with Gasteiger partial charge in [-0.1, -0.05) is 22.0 Å². The van der Waals surface area contributed by atoms with Gasteiger partial charge in [-0.3, -0.25) is 4.79 Å². The van der Waals surface area contributed by atoms with E-state index in [0.717, 1.165) is 19.1 Å². The average molecular weight is 466 g/mol. The number of aliphatic hydroxyl groups is 1. The summed E-state index contributed by atoms with van der Waals surface area (Å²) in [6.07, 6.45) is -4.60. The van der Waals surface area contributed by atoms with Crippen LogP contribution in [-0.2, 0) is 20.8 Å². The minimum atomic E-state index is -4.60. The number of nitrogens with one attached hydrogen (secondary N) is 1. The van der Waals surface area contributed by atoms with E-state index in [-0.39, 0.29) is 10.6 Å². The van der Waals surface area contributed by atoms with Crippen molar-refractivity contribution in [2.75, 3.05) is 11.1 Å². The molecule has 0 heterocycles. The highest BCUT2D eigenvalue weighted by Gasteiger charge is 2.37. The number of hydrogen-bond acceptors (Lipinski definition) is 4. The first kappa shape index (κ1) is 21.4. The van der Waals surface area contributed by atoms with Gasteiger partial charge < -0.3 is 10.4 Å². The van der Waals surface area contributed by atoms with E-state index in [1.165, 1.54) is 30.3 Å². The molecule has 0 saturated heterocycles. The molecule has 0 bridgehead atoms. The summed E-state index contributed by atoms with van der Waals surface area (Å²) in [5, 5.41) is 12.4. The molecule has 0 aliphatic carbocycles. The van der Waals surface area contributed by atoms with Crippen molar-refractivity contribution >= 4 is 37.4 Å². The third-order valence-corrected chi connectivity index (χ3v) is 6.04. The third-order valence-electron chi connectivity index (χ3n) is 3.58. The van der Waals surface area contributed by atoms with E-state index >= 15 is 0 Å². The number of sulfone groups is 1. The minimum absolute atomic E-state index is 0.0992. The first-order chi connectivity index (χ1) is 12.3. The summed E-state index contributed by atoms with van der Waals surface area (Å²) < 4.78 is 63.6. The van der Waals surface area contributed by atoms with Crippen molar-refractivity contribution in [1.29, 1.82) is 0 Å². The number of anilines is 1. The number of benzene rings is 2. The Morgan fingerprint density at radius 2 is 1.74 bits per heavy atom. The zero-order valence-corrected chi connectivity index (χ0v) is 16.3. The first-order valence-electron chi connectivity index (χ1n) is 7.51. The lowest BCUT2D eigenvalue weighted by Crippen LogP contribution is -2.45. The molecule has 1 atom stereocenters. The van der Waals surface area contributed by atoms with Gasteiger partial charge in [0.1, 0.15) is 0 Å². The van der Waals surface area contributed by atoms with Crippen molar-refractivity contribution < 1.29 is 31.5 Å². The minimum Gasteiger partial charge on any atom is -0.379 e. The monoisotopic (exact) mass is 465 g/mol. The Morgan fingerprint density at radius 3 is 2.30 bits per heavy atom. The molecule has 0 spiro atoms. The Balaban J connectivity index is 2.19. The van der Waals surface area contributed by atoms with Gasteiger partial charge in [-0.25, -0.2) is 8.42 Å². The van der Waals surface area contributed by atoms with E-state index in [1.54, 1.807) is 0 Å². The van der Waals surface area contributed by atoms with Gasteiger partial charge in [-0.15, -0.1) is 0 Å². The zero-order valence-electron chi connectivity index (χ0n) is 13.9. The van der Waals surface area contributed by atoms with Crippen molar-refractivity contribution in [3.8, 4) is 0 Å². The third kappa shape index (κ3) is 5.53. The molecule has 2 aromatic carbocycles. The summed E-state index contributed by atoms with van der Waals surface area (Å²) in [4.78, 5) is 12.1. The van der Waals surface area contributed by atoms with Gasteiger partial charge in [0, 0.05) is 10.2 Å². The summed E-state index contributed by atoms with van der Waals surface area (Å²) in [7, 11) is -4.02. The predicted molar refractivity (Wildman–Crippen MR) is 96.9 cm³/mol. The van der Waals surface area contributed by atoms with Crippen LogP contribution in [0.1, 0.15) is 12.5 Å². The molecule has 146 valence electrons. The van der Waals surface area contributed by atoms with Crippen LogP contribution in [0.15, 0.2) is 57.9 Å². The van der Waals surface area contributed by atoms with Gasteiger partial charge in [0.2, 0.25) is 0 Å². The molecule has 0 saturated carbocycles. The van der Waals surface area contributed by atoms with Gasteiger partial charge in [0.05, 0.1) is 16.2 Å². The van der Waals surface area contributed by atoms with Crippen molar-refractivity contribution in [1.82, 2.24) is 0 Å². The normalized spacial score (nSPS) is 14.4. The molecule has 0 fully saturated rings. The maximum absolute atomic E-state index is 12.7. The summed E-state index contributed by atoms with van der Waals surface area (Å²) in [6.45, 7) is 0.979. The summed E-state index contributed by atoms with van der Waals surface area (Å²) in [5.74, 6) is -2.07. The van der Waals surface area contributed by atoms with E-state index in [4.69, 9.17) is 0 Å². The fraction of sp³-hybridized carbons (Fsp3) is 0.235. The molecule has 1 unspecified atom stereocenters. The van der Waals surface area contributed by atoms with Gasteiger partial charge in [-0.05, 0) is 49.4 Å². The Bertz CT molecular complexity index is 941. The Kier molecular flexibility index (Phi) is 6.03. The van der Waals surface area contributed by atoms with E-state index in [1.807, 2.05) is 0 Å². The molecular formula is C17H15BrF3NO4S. The number of halogens is 4. The van der Waals surface area contributed by atoms with Crippen LogP contribution in [0.2, 0.25) is 0 Å². The highest BCUT2D eigenvalue weighted by atomic mass is 79.9. The molecule has 2 rings (SSSR count). The first-order valence-corrected chi connectivity index (χ1v) is 9.95. The van der Waals surface area contributed by atoms with Gasteiger partial charge in [-0.2, -0.15) is 13.2 Å². The van der Waals surface area contributed by atoms with Gasteiger partial charge in [0.15, 0.2) is 15.4 Å². The van der Waals surface area contributed by atoms with Crippen LogP contribution in [-0.4, -0.2) is 30.8 Å². The second-order valence-electron chi connectivity index (χ2n) is 6.02. The highest BCUT2D eigenvalue weighted by Crippen LogP contribution is 2.31. The SMILES string of the molecule is CC(O)(CS(=O)(=O)c1ccc(Br)cc1)C(=O)Nc1cccc(C(F)(F)F)c1. The fourth-order valence-electron chi connectivity index (χ4n) is 2.20. The smallest absolute Gasteiger partial charge is 0.379 e. The molecule has 5 nitrogen and oxygen atoms in total. The Morgan fingerprint density at radius 1 is 1.15 bits per heavy atom. The van der Waals surface area contributed by atoms with E-state index in [9.17, 15) is 31.5 Å². The zero-order chi connectivity index (χ0) is 20.5. The summed E-state index contributed by atoms with van der Waals surface area (Å²) >= 11 is 3.17. The fourth-order valence-corrected chi connectivity index (χ4v) is 4.05. The molecule has 2 aromatic rings. The standard InChI is InChI=1S/C17H15BrF3NO4S/c1-16(24,10-27(25,26)14-7-5-12(18)6-8-14)15(23)22-13-4-2-3-11(9-13)17(19,20)21/h2-9,24H,10H2,1H3,(H,22,23). The molecule has 0 aliphatic heterocycles. The molecule has 0 aromatic heterocycles. The van der Waals surface area contributed by atoms with Gasteiger partial charge >= 0.3 is 6.18 Å². The van der Waals surface area contributed by atoms with E-state index in [2.05, 4.69) is 21.2 Å². The molecule has 0 aliphatic rings. The molecule has 2 N–H and O–H groups in total. The van der Waals surface area contributed by atoms with Gasteiger partial charge in [0.25, 0.3) is 5.91 Å². The van der Waals surface area contributed by atoms with Crippen LogP contribution < -0.4 is 5.32 Å². The van der Waals surface area contributed by atoms with Crippen LogP contribution in [0.5, 0.6) is 0 Å². The molecule has 27 heavy (non-hydrogen) atoms. The number of hydrogen-bond donors (Lipinski definition) is 2. The number of amides is 1. The van der Waals surface area contributed by atoms with Crippen molar-refractivity contribution in [2.45, 2.75) is 23.6 Å². The van der Waals surface area contributed by atoms with Crippen molar-refractivity contribution in [3.63, 3.8) is 0 Å². The molecular weight excluding hydrogens is 451 g/mol. The predicted octanol–water partition coefficient (Wildman–Crippen LogP) is 3.63. The second kappa shape index (κ2) is 7.61. The lowest BCUT2D eigenvalue weighted by Gasteiger charge is -2.22. The highest BCUT2D eigenvalue weighted by molar-refractivity contribution is 9.10. The van der Waals surface area contributed by atoms with Crippen LogP contribution in [0.4, 0.5) is 18.9 Å². The Hall–Kier alpha value is -1.91. The number of rotatable bonds is 5. The van der Waals surface area contributed by atoms with Crippen LogP contribution in [0, 0.1) is 0 Å². The van der Waals surface area contributed by atoms with Crippen LogP contribution in [0.25, 0.3) is 0 Å².